The molecule has 0 bridgehead atoms. The first-order valence-corrected chi connectivity index (χ1v) is 5.42. The summed E-state index contributed by atoms with van der Waals surface area (Å²) < 4.78 is 5.25. The molecule has 0 amide bonds. The topological polar surface area (TPSA) is 61.0 Å². The molecule has 4 nitrogen and oxygen atoms in total. The van der Waals surface area contributed by atoms with Crippen LogP contribution in [0.2, 0.25) is 5.02 Å². The van der Waals surface area contributed by atoms with Gasteiger partial charge in [-0.25, -0.2) is 9.97 Å². The van der Waals surface area contributed by atoms with Crippen molar-refractivity contribution in [2.75, 3.05) is 12.8 Å². The Labute approximate surface area is 104 Å². The number of aryl methyl sites for hydroxylation is 1. The molecule has 5 heteroatoms. The fraction of sp³-hybridized carbons (Fsp3) is 0.167. The lowest BCUT2D eigenvalue weighted by Gasteiger charge is -2.08. The highest BCUT2D eigenvalue weighted by molar-refractivity contribution is 6.30. The Morgan fingerprint density at radius 2 is 2.12 bits per heavy atom. The predicted octanol–water partition coefficient (Wildman–Crippen LogP) is 2.70. The molecule has 0 spiro atoms. The minimum atomic E-state index is 0.456. The Kier molecular flexibility index (Phi) is 3.15. The lowest BCUT2D eigenvalue weighted by atomic mass is 10.2. The van der Waals surface area contributed by atoms with Crippen LogP contribution in [0.1, 0.15) is 5.56 Å². The number of anilines is 1. The average molecular weight is 250 g/mol. The monoisotopic (exact) mass is 249 g/mol. The minimum Gasteiger partial charge on any atom is -0.496 e. The number of benzene rings is 1. The predicted molar refractivity (Wildman–Crippen MR) is 68.2 cm³/mol. The Bertz CT molecular complexity index is 557. The van der Waals surface area contributed by atoms with E-state index in [2.05, 4.69) is 9.97 Å². The zero-order valence-corrected chi connectivity index (χ0v) is 10.3. The van der Waals surface area contributed by atoms with Crippen molar-refractivity contribution in [1.82, 2.24) is 9.97 Å². The Hall–Kier alpha value is -1.81. The van der Waals surface area contributed by atoms with Gasteiger partial charge < -0.3 is 10.5 Å². The second-order valence-corrected chi connectivity index (χ2v) is 4.04. The number of nitrogens with zero attached hydrogens (tertiary/aromatic N) is 2. The molecule has 2 rings (SSSR count). The number of hydrogen-bond acceptors (Lipinski definition) is 4. The van der Waals surface area contributed by atoms with Gasteiger partial charge in [-0.3, -0.25) is 0 Å². The molecule has 0 aliphatic rings. The zero-order chi connectivity index (χ0) is 12.4. The van der Waals surface area contributed by atoms with Crippen molar-refractivity contribution in [2.24, 2.45) is 0 Å². The van der Waals surface area contributed by atoms with Gasteiger partial charge in [-0.1, -0.05) is 11.6 Å². The lowest BCUT2D eigenvalue weighted by molar-refractivity contribution is 0.416. The molecule has 0 saturated carbocycles. The molecule has 0 radical (unpaired) electrons. The van der Waals surface area contributed by atoms with Crippen molar-refractivity contribution < 1.29 is 4.74 Å². The summed E-state index contributed by atoms with van der Waals surface area (Å²) in [6.45, 7) is 1.86. The van der Waals surface area contributed by atoms with Crippen LogP contribution in [0.25, 0.3) is 11.4 Å². The summed E-state index contributed by atoms with van der Waals surface area (Å²) in [5.74, 6) is 1.63. The fourth-order valence-electron chi connectivity index (χ4n) is 1.44. The third kappa shape index (κ3) is 2.31. The SMILES string of the molecule is COc1ccc(Cl)cc1-c1ncc(C)c(N)n1. The molecule has 1 aromatic heterocycles. The number of nitrogen functional groups attached to an aromatic ring is 1. The number of rotatable bonds is 2. The molecule has 17 heavy (non-hydrogen) atoms. The Balaban J connectivity index is 2.58. The van der Waals surface area contributed by atoms with Crippen LogP contribution in [0.3, 0.4) is 0 Å². The first-order chi connectivity index (χ1) is 8.11. The van der Waals surface area contributed by atoms with E-state index in [-0.39, 0.29) is 0 Å². The fourth-order valence-corrected chi connectivity index (χ4v) is 1.61. The van der Waals surface area contributed by atoms with Gasteiger partial charge >= 0.3 is 0 Å². The summed E-state index contributed by atoms with van der Waals surface area (Å²) in [6, 6.07) is 5.28. The highest BCUT2D eigenvalue weighted by Gasteiger charge is 2.10. The number of aromatic nitrogens is 2. The van der Waals surface area contributed by atoms with Crippen LogP contribution in [0.4, 0.5) is 5.82 Å². The maximum Gasteiger partial charge on any atom is 0.165 e. The van der Waals surface area contributed by atoms with Crippen LogP contribution in [-0.2, 0) is 0 Å². The summed E-state index contributed by atoms with van der Waals surface area (Å²) in [5.41, 5.74) is 7.33. The van der Waals surface area contributed by atoms with Gasteiger partial charge in [-0.05, 0) is 25.1 Å². The number of ether oxygens (including phenoxy) is 1. The van der Waals surface area contributed by atoms with Crippen LogP contribution >= 0.6 is 11.6 Å². The van der Waals surface area contributed by atoms with E-state index in [4.69, 9.17) is 22.1 Å². The summed E-state index contributed by atoms with van der Waals surface area (Å²) in [4.78, 5) is 8.45. The smallest absolute Gasteiger partial charge is 0.165 e. The van der Waals surface area contributed by atoms with Crippen molar-refractivity contribution in [3.05, 3.63) is 35.0 Å². The molecule has 2 aromatic rings. The molecular weight excluding hydrogens is 238 g/mol. The van der Waals surface area contributed by atoms with Gasteiger partial charge in [0, 0.05) is 16.8 Å². The quantitative estimate of drug-likeness (QED) is 0.889. The van der Waals surface area contributed by atoms with E-state index in [1.165, 1.54) is 0 Å². The molecule has 0 atom stereocenters. The van der Waals surface area contributed by atoms with Gasteiger partial charge in [-0.2, -0.15) is 0 Å². The van der Waals surface area contributed by atoms with E-state index >= 15 is 0 Å². The molecule has 2 N–H and O–H groups in total. The van der Waals surface area contributed by atoms with E-state index < -0.39 is 0 Å². The van der Waals surface area contributed by atoms with E-state index in [1.54, 1.807) is 31.5 Å². The van der Waals surface area contributed by atoms with Crippen LogP contribution in [-0.4, -0.2) is 17.1 Å². The first kappa shape index (κ1) is 11.7. The molecule has 88 valence electrons. The zero-order valence-electron chi connectivity index (χ0n) is 9.57. The number of methoxy groups -OCH3 is 1. The molecular formula is C12H12ClN3O. The normalized spacial score (nSPS) is 10.3. The number of hydrogen-bond donors (Lipinski definition) is 1. The second kappa shape index (κ2) is 4.59. The largest absolute Gasteiger partial charge is 0.496 e. The standard InChI is InChI=1S/C12H12ClN3O/c1-7-6-15-12(16-11(7)14)9-5-8(13)3-4-10(9)17-2/h3-6H,1-2H3,(H2,14,15,16). The van der Waals surface area contributed by atoms with Gasteiger partial charge in [0.15, 0.2) is 5.82 Å². The van der Waals surface area contributed by atoms with Crippen molar-refractivity contribution >= 4 is 17.4 Å². The van der Waals surface area contributed by atoms with Gasteiger partial charge in [0.1, 0.15) is 11.6 Å². The van der Waals surface area contributed by atoms with E-state index in [0.717, 1.165) is 11.1 Å². The second-order valence-electron chi connectivity index (χ2n) is 3.61. The third-order valence-corrected chi connectivity index (χ3v) is 2.65. The molecule has 0 aliphatic heterocycles. The van der Waals surface area contributed by atoms with E-state index in [1.807, 2.05) is 6.92 Å². The first-order valence-electron chi connectivity index (χ1n) is 5.05. The van der Waals surface area contributed by atoms with Crippen molar-refractivity contribution in [3.8, 4) is 17.1 Å². The lowest BCUT2D eigenvalue weighted by Crippen LogP contribution is -1.99. The highest BCUT2D eigenvalue weighted by Crippen LogP contribution is 2.30. The van der Waals surface area contributed by atoms with Gasteiger partial charge in [0.2, 0.25) is 0 Å². The Morgan fingerprint density at radius 3 is 2.76 bits per heavy atom. The van der Waals surface area contributed by atoms with Crippen LogP contribution in [0, 0.1) is 6.92 Å². The minimum absolute atomic E-state index is 0.456. The van der Waals surface area contributed by atoms with Gasteiger partial charge in [0.25, 0.3) is 0 Å². The maximum atomic E-state index is 5.95. The highest BCUT2D eigenvalue weighted by atomic mass is 35.5. The molecule has 0 fully saturated rings. The third-order valence-electron chi connectivity index (χ3n) is 2.41. The summed E-state index contributed by atoms with van der Waals surface area (Å²) in [7, 11) is 1.59. The van der Waals surface area contributed by atoms with Crippen molar-refractivity contribution in [3.63, 3.8) is 0 Å². The van der Waals surface area contributed by atoms with Crippen LogP contribution < -0.4 is 10.5 Å². The number of halogens is 1. The van der Waals surface area contributed by atoms with E-state index in [9.17, 15) is 0 Å². The average Bonchev–Trinajstić information content (AvgIpc) is 2.32. The van der Waals surface area contributed by atoms with Crippen molar-refractivity contribution in [2.45, 2.75) is 6.92 Å². The van der Waals surface area contributed by atoms with Gasteiger partial charge in [0.05, 0.1) is 12.7 Å². The summed E-state index contributed by atoms with van der Waals surface area (Å²) in [6.07, 6.45) is 1.68. The van der Waals surface area contributed by atoms with E-state index in [0.29, 0.717) is 22.4 Å². The molecule has 1 aromatic carbocycles. The van der Waals surface area contributed by atoms with Crippen LogP contribution in [0.15, 0.2) is 24.4 Å². The van der Waals surface area contributed by atoms with Crippen LogP contribution in [0.5, 0.6) is 5.75 Å². The number of nitrogens with two attached hydrogens (primary N) is 1. The molecule has 0 unspecified atom stereocenters. The van der Waals surface area contributed by atoms with Crippen molar-refractivity contribution in [1.29, 1.82) is 0 Å². The molecule has 0 aliphatic carbocycles. The maximum absolute atomic E-state index is 5.95. The summed E-state index contributed by atoms with van der Waals surface area (Å²) >= 11 is 5.95. The molecule has 1 heterocycles. The Morgan fingerprint density at radius 1 is 1.35 bits per heavy atom. The van der Waals surface area contributed by atoms with Gasteiger partial charge in [-0.15, -0.1) is 0 Å². The molecule has 0 saturated heterocycles. The summed E-state index contributed by atoms with van der Waals surface area (Å²) in [5, 5.41) is 0.601.